The van der Waals surface area contributed by atoms with Gasteiger partial charge in [0.2, 0.25) is 0 Å². The summed E-state index contributed by atoms with van der Waals surface area (Å²) in [4.78, 5) is 11.3. The first-order valence-electron chi connectivity index (χ1n) is 7.64. The second kappa shape index (κ2) is 5.62. The second-order valence-electron chi connectivity index (χ2n) is 5.69. The molecule has 1 aliphatic carbocycles. The van der Waals surface area contributed by atoms with Gasteiger partial charge in [-0.25, -0.2) is 9.97 Å². The fraction of sp³-hybridized carbons (Fsp3) is 0.235. The molecule has 0 amide bonds. The van der Waals surface area contributed by atoms with Crippen molar-refractivity contribution in [1.82, 2.24) is 9.97 Å². The number of benzene rings is 1. The molecule has 116 valence electrons. The van der Waals surface area contributed by atoms with Gasteiger partial charge in [0.05, 0.1) is 11.1 Å². The van der Waals surface area contributed by atoms with Crippen molar-refractivity contribution in [3.8, 4) is 0 Å². The number of aromatic nitrogens is 2. The summed E-state index contributed by atoms with van der Waals surface area (Å²) >= 11 is 1.78. The summed E-state index contributed by atoms with van der Waals surface area (Å²) in [7, 11) is 0. The van der Waals surface area contributed by atoms with Gasteiger partial charge in [-0.2, -0.15) is 5.10 Å². The third-order valence-electron chi connectivity index (χ3n) is 4.16. The van der Waals surface area contributed by atoms with E-state index in [0.29, 0.717) is 0 Å². The van der Waals surface area contributed by atoms with Gasteiger partial charge in [0.25, 0.3) is 0 Å². The van der Waals surface area contributed by atoms with Crippen LogP contribution in [0.1, 0.15) is 29.3 Å². The van der Waals surface area contributed by atoms with Crippen LogP contribution in [0.25, 0.3) is 10.2 Å². The lowest BCUT2D eigenvalue weighted by Crippen LogP contribution is -2.02. The average Bonchev–Trinajstić information content (AvgIpc) is 3.14. The summed E-state index contributed by atoms with van der Waals surface area (Å²) < 4.78 is 0. The van der Waals surface area contributed by atoms with E-state index in [-0.39, 0.29) is 0 Å². The first-order valence-corrected chi connectivity index (χ1v) is 8.45. The van der Waals surface area contributed by atoms with Gasteiger partial charge < -0.3 is 5.73 Å². The molecular weight excluding hydrogens is 306 g/mol. The Morgan fingerprint density at radius 1 is 1.22 bits per heavy atom. The van der Waals surface area contributed by atoms with Crippen LogP contribution in [0.2, 0.25) is 0 Å². The molecule has 2 aromatic heterocycles. The van der Waals surface area contributed by atoms with Crippen LogP contribution in [0, 0.1) is 0 Å². The predicted molar refractivity (Wildman–Crippen MR) is 96.1 cm³/mol. The van der Waals surface area contributed by atoms with Crippen molar-refractivity contribution in [2.75, 3.05) is 11.2 Å². The Labute approximate surface area is 138 Å². The SMILES string of the molecule is C/C(=N\Nc1ncnc2sc3c(c12)CCC3)c1ccc(N)cc1. The van der Waals surface area contributed by atoms with E-state index in [4.69, 9.17) is 5.73 Å². The molecule has 0 atom stereocenters. The van der Waals surface area contributed by atoms with Crippen LogP contribution in [0.3, 0.4) is 0 Å². The normalized spacial score (nSPS) is 14.2. The maximum atomic E-state index is 5.72. The zero-order chi connectivity index (χ0) is 15.8. The first-order chi connectivity index (χ1) is 11.2. The molecule has 0 radical (unpaired) electrons. The summed E-state index contributed by atoms with van der Waals surface area (Å²) in [6.07, 6.45) is 5.09. The molecule has 0 saturated carbocycles. The van der Waals surface area contributed by atoms with Gasteiger partial charge in [0.1, 0.15) is 11.2 Å². The Kier molecular flexibility index (Phi) is 3.46. The van der Waals surface area contributed by atoms with E-state index < -0.39 is 0 Å². The van der Waals surface area contributed by atoms with Gasteiger partial charge in [0.15, 0.2) is 5.82 Å². The number of anilines is 2. The minimum absolute atomic E-state index is 0.751. The highest BCUT2D eigenvalue weighted by Crippen LogP contribution is 2.38. The Balaban J connectivity index is 1.68. The topological polar surface area (TPSA) is 76.2 Å². The van der Waals surface area contributed by atoms with Crippen molar-refractivity contribution in [3.63, 3.8) is 0 Å². The Hall–Kier alpha value is -2.47. The molecule has 6 heteroatoms. The number of hydrogen-bond donors (Lipinski definition) is 2. The average molecular weight is 323 g/mol. The van der Waals surface area contributed by atoms with E-state index in [1.807, 2.05) is 31.2 Å². The van der Waals surface area contributed by atoms with Crippen molar-refractivity contribution in [2.45, 2.75) is 26.2 Å². The third-order valence-corrected chi connectivity index (χ3v) is 5.36. The van der Waals surface area contributed by atoms with E-state index in [0.717, 1.165) is 45.8 Å². The number of fused-ring (bicyclic) bond motifs is 3. The van der Waals surface area contributed by atoms with E-state index in [1.165, 1.54) is 16.9 Å². The highest BCUT2D eigenvalue weighted by atomic mass is 32.1. The quantitative estimate of drug-likeness (QED) is 0.439. The fourth-order valence-electron chi connectivity index (χ4n) is 2.94. The molecule has 1 aliphatic rings. The molecule has 1 aromatic carbocycles. The number of nitrogens with one attached hydrogen (secondary N) is 1. The molecule has 0 aliphatic heterocycles. The van der Waals surface area contributed by atoms with Crippen LogP contribution in [-0.4, -0.2) is 15.7 Å². The van der Waals surface area contributed by atoms with Crippen molar-refractivity contribution < 1.29 is 0 Å². The fourth-order valence-corrected chi connectivity index (χ4v) is 4.17. The Morgan fingerprint density at radius 2 is 2.04 bits per heavy atom. The number of nitrogen functional groups attached to an aromatic ring is 1. The zero-order valence-corrected chi connectivity index (χ0v) is 13.7. The van der Waals surface area contributed by atoms with Gasteiger partial charge in [-0.1, -0.05) is 12.1 Å². The molecule has 0 fully saturated rings. The van der Waals surface area contributed by atoms with Gasteiger partial charge in [-0.3, -0.25) is 5.43 Å². The van der Waals surface area contributed by atoms with Crippen LogP contribution in [-0.2, 0) is 12.8 Å². The molecule has 0 spiro atoms. The summed E-state index contributed by atoms with van der Waals surface area (Å²) in [5, 5.41) is 5.63. The third kappa shape index (κ3) is 2.55. The smallest absolute Gasteiger partial charge is 0.158 e. The van der Waals surface area contributed by atoms with Gasteiger partial charge in [0, 0.05) is 10.6 Å². The predicted octanol–water partition coefficient (Wildman–Crippen LogP) is 3.60. The second-order valence-corrected chi connectivity index (χ2v) is 6.77. The van der Waals surface area contributed by atoms with Gasteiger partial charge in [-0.15, -0.1) is 11.3 Å². The number of nitrogens with zero attached hydrogens (tertiary/aromatic N) is 3. The maximum absolute atomic E-state index is 5.72. The van der Waals surface area contributed by atoms with Crippen molar-refractivity contribution in [1.29, 1.82) is 0 Å². The van der Waals surface area contributed by atoms with Crippen LogP contribution in [0.4, 0.5) is 11.5 Å². The minimum atomic E-state index is 0.751. The van der Waals surface area contributed by atoms with Crippen LogP contribution in [0.15, 0.2) is 35.7 Å². The Morgan fingerprint density at radius 3 is 2.87 bits per heavy atom. The van der Waals surface area contributed by atoms with Crippen LogP contribution in [0.5, 0.6) is 0 Å². The molecule has 0 bridgehead atoms. The number of thiophene rings is 1. The number of hydrogen-bond acceptors (Lipinski definition) is 6. The number of aryl methyl sites for hydroxylation is 2. The molecular formula is C17H17N5S. The summed E-state index contributed by atoms with van der Waals surface area (Å²) in [6.45, 7) is 1.97. The molecule has 3 aromatic rings. The lowest BCUT2D eigenvalue weighted by Gasteiger charge is -2.05. The van der Waals surface area contributed by atoms with E-state index in [2.05, 4.69) is 20.5 Å². The number of nitrogens with two attached hydrogens (primary N) is 1. The minimum Gasteiger partial charge on any atom is -0.399 e. The molecule has 0 saturated heterocycles. The van der Waals surface area contributed by atoms with Gasteiger partial charge >= 0.3 is 0 Å². The van der Waals surface area contributed by atoms with Crippen LogP contribution >= 0.6 is 11.3 Å². The standard InChI is InChI=1S/C17H17N5S/c1-10(11-5-7-12(18)8-6-11)21-22-16-15-13-3-2-4-14(13)23-17(15)20-9-19-16/h5-9H,2-4,18H2,1H3,(H,19,20,22)/b21-10+. The lowest BCUT2D eigenvalue weighted by molar-refractivity contribution is 0.917. The molecule has 0 unspecified atom stereocenters. The molecule has 23 heavy (non-hydrogen) atoms. The highest BCUT2D eigenvalue weighted by molar-refractivity contribution is 7.19. The molecule has 5 nitrogen and oxygen atoms in total. The zero-order valence-electron chi connectivity index (χ0n) is 12.8. The largest absolute Gasteiger partial charge is 0.399 e. The van der Waals surface area contributed by atoms with E-state index in [9.17, 15) is 0 Å². The number of rotatable bonds is 3. The lowest BCUT2D eigenvalue weighted by atomic mass is 10.1. The van der Waals surface area contributed by atoms with Crippen LogP contribution < -0.4 is 11.2 Å². The van der Waals surface area contributed by atoms with E-state index >= 15 is 0 Å². The summed E-state index contributed by atoms with van der Waals surface area (Å²) in [5.41, 5.74) is 12.9. The van der Waals surface area contributed by atoms with Crippen molar-refractivity contribution in [2.24, 2.45) is 5.10 Å². The van der Waals surface area contributed by atoms with Gasteiger partial charge in [-0.05, 0) is 49.4 Å². The van der Waals surface area contributed by atoms with Crippen molar-refractivity contribution >= 4 is 38.8 Å². The highest BCUT2D eigenvalue weighted by Gasteiger charge is 2.21. The Bertz CT molecular complexity index is 895. The molecule has 4 rings (SSSR count). The molecule has 3 N–H and O–H groups in total. The van der Waals surface area contributed by atoms with Crippen molar-refractivity contribution in [3.05, 3.63) is 46.6 Å². The first kappa shape index (κ1) is 14.1. The summed E-state index contributed by atoms with van der Waals surface area (Å²) in [6, 6.07) is 7.69. The monoisotopic (exact) mass is 323 g/mol. The maximum Gasteiger partial charge on any atom is 0.158 e. The van der Waals surface area contributed by atoms with E-state index in [1.54, 1.807) is 17.7 Å². The summed E-state index contributed by atoms with van der Waals surface area (Å²) in [5.74, 6) is 0.796. The number of hydrazone groups is 1. The molecule has 2 heterocycles.